The van der Waals surface area contributed by atoms with Crippen LogP contribution < -0.4 is 0 Å². The largest absolute Gasteiger partial charge is 0.472 e. The van der Waals surface area contributed by atoms with E-state index < -0.39 is 10.0 Å². The molecule has 0 radical (unpaired) electrons. The number of hydrogen-bond donors (Lipinski definition) is 0. The fraction of sp³-hybridized carbons (Fsp3) is 0.333. The van der Waals surface area contributed by atoms with E-state index in [0.29, 0.717) is 11.4 Å². The van der Waals surface area contributed by atoms with Gasteiger partial charge in [0.25, 0.3) is 0 Å². The number of hydrogen-bond acceptors (Lipinski definition) is 6. The average molecular weight is 257 g/mol. The fourth-order valence-electron chi connectivity index (χ4n) is 1.14. The number of furan rings is 1. The average Bonchev–Trinajstić information content (AvgIpc) is 2.83. The second-order valence-corrected chi connectivity index (χ2v) is 5.63. The molecule has 0 saturated carbocycles. The van der Waals surface area contributed by atoms with E-state index in [-0.39, 0.29) is 12.4 Å². The Morgan fingerprint density at radius 3 is 2.82 bits per heavy atom. The summed E-state index contributed by atoms with van der Waals surface area (Å²) in [5, 5.41) is 3.73. The molecule has 7 nitrogen and oxygen atoms in total. The van der Waals surface area contributed by atoms with Crippen molar-refractivity contribution in [1.29, 1.82) is 0 Å². The molecule has 0 spiro atoms. The van der Waals surface area contributed by atoms with E-state index in [1.807, 2.05) is 0 Å². The molecule has 0 unspecified atom stereocenters. The number of sulfonamides is 1. The van der Waals surface area contributed by atoms with Crippen LogP contribution in [0.3, 0.4) is 0 Å². The molecule has 0 amide bonds. The second kappa shape index (κ2) is 4.30. The van der Waals surface area contributed by atoms with Gasteiger partial charge >= 0.3 is 0 Å². The summed E-state index contributed by atoms with van der Waals surface area (Å²) in [5.41, 5.74) is 0.682. The summed E-state index contributed by atoms with van der Waals surface area (Å²) < 4.78 is 33.3. The Kier molecular flexibility index (Phi) is 2.99. The molecule has 2 rings (SSSR count). The van der Waals surface area contributed by atoms with Crippen molar-refractivity contribution in [3.63, 3.8) is 0 Å². The van der Waals surface area contributed by atoms with E-state index >= 15 is 0 Å². The van der Waals surface area contributed by atoms with Crippen molar-refractivity contribution in [3.05, 3.63) is 24.5 Å². The molecule has 0 atom stereocenters. The van der Waals surface area contributed by atoms with Crippen molar-refractivity contribution >= 4 is 10.0 Å². The van der Waals surface area contributed by atoms with Crippen LogP contribution in [0, 0.1) is 0 Å². The van der Waals surface area contributed by atoms with Gasteiger partial charge in [-0.3, -0.25) is 0 Å². The van der Waals surface area contributed by atoms with Gasteiger partial charge in [-0.05, 0) is 6.07 Å². The fourth-order valence-corrected chi connectivity index (χ4v) is 1.48. The maximum Gasteiger partial charge on any atom is 0.242 e. The van der Waals surface area contributed by atoms with Crippen LogP contribution in [0.2, 0.25) is 0 Å². The van der Waals surface area contributed by atoms with Gasteiger partial charge in [0, 0.05) is 7.05 Å². The lowest BCUT2D eigenvalue weighted by molar-refractivity contribution is 0.337. The van der Waals surface area contributed by atoms with Crippen molar-refractivity contribution in [2.45, 2.75) is 6.54 Å². The maximum atomic E-state index is 11.2. The molecular formula is C9H11N3O4S. The summed E-state index contributed by atoms with van der Waals surface area (Å²) in [4.78, 5) is 4.06. The lowest BCUT2D eigenvalue weighted by Gasteiger charge is -2.09. The van der Waals surface area contributed by atoms with Gasteiger partial charge < -0.3 is 8.94 Å². The van der Waals surface area contributed by atoms with Gasteiger partial charge in [0.15, 0.2) is 0 Å². The molecule has 0 aliphatic rings. The first-order chi connectivity index (χ1) is 7.97. The highest BCUT2D eigenvalue weighted by Gasteiger charge is 2.16. The van der Waals surface area contributed by atoms with Crippen LogP contribution in [0.5, 0.6) is 0 Å². The number of rotatable bonds is 4. The molecule has 0 N–H and O–H groups in total. The van der Waals surface area contributed by atoms with Gasteiger partial charge in [-0.25, -0.2) is 8.42 Å². The summed E-state index contributed by atoms with van der Waals surface area (Å²) in [5.74, 6) is 0.602. The van der Waals surface area contributed by atoms with E-state index in [1.165, 1.54) is 19.6 Å². The standard InChI is InChI=1S/C9H11N3O4S/c1-12(17(2,13)14)5-8-10-9(11-16-8)7-3-4-15-6-7/h3-4,6H,5H2,1-2H3. The van der Waals surface area contributed by atoms with Crippen LogP contribution in [0.15, 0.2) is 27.5 Å². The van der Waals surface area contributed by atoms with Crippen molar-refractivity contribution in [1.82, 2.24) is 14.4 Å². The first-order valence-electron chi connectivity index (χ1n) is 4.73. The summed E-state index contributed by atoms with van der Waals surface area (Å²) in [6, 6.07) is 1.69. The van der Waals surface area contributed by atoms with Crippen molar-refractivity contribution < 1.29 is 17.4 Å². The first kappa shape index (κ1) is 11.8. The quantitative estimate of drug-likeness (QED) is 0.801. The van der Waals surface area contributed by atoms with Crippen LogP contribution in [0.25, 0.3) is 11.4 Å². The highest BCUT2D eigenvalue weighted by atomic mass is 32.2. The first-order valence-corrected chi connectivity index (χ1v) is 6.58. The lowest BCUT2D eigenvalue weighted by atomic mass is 10.3. The molecule has 0 fully saturated rings. The minimum Gasteiger partial charge on any atom is -0.472 e. The molecule has 2 heterocycles. The summed E-state index contributed by atoms with van der Waals surface area (Å²) >= 11 is 0. The molecule has 0 bridgehead atoms. The van der Waals surface area contributed by atoms with E-state index in [1.54, 1.807) is 6.07 Å². The summed E-state index contributed by atoms with van der Waals surface area (Å²) in [6.07, 6.45) is 4.09. The van der Waals surface area contributed by atoms with Gasteiger partial charge in [0.2, 0.25) is 21.7 Å². The Hall–Kier alpha value is -1.67. The third kappa shape index (κ3) is 2.71. The zero-order chi connectivity index (χ0) is 12.5. The molecule has 2 aromatic rings. The Balaban J connectivity index is 2.15. The van der Waals surface area contributed by atoms with Crippen molar-refractivity contribution in [3.8, 4) is 11.4 Å². The summed E-state index contributed by atoms with van der Waals surface area (Å²) in [6.45, 7) is 0.0453. The van der Waals surface area contributed by atoms with Crippen LogP contribution in [0.4, 0.5) is 0 Å². The van der Waals surface area contributed by atoms with Gasteiger partial charge in [-0.1, -0.05) is 5.16 Å². The van der Waals surface area contributed by atoms with Crippen LogP contribution in [-0.2, 0) is 16.6 Å². The van der Waals surface area contributed by atoms with E-state index in [9.17, 15) is 8.42 Å². The second-order valence-electron chi connectivity index (χ2n) is 3.54. The molecule has 8 heteroatoms. The zero-order valence-electron chi connectivity index (χ0n) is 9.32. The van der Waals surface area contributed by atoms with Gasteiger partial charge in [-0.2, -0.15) is 9.29 Å². The van der Waals surface area contributed by atoms with Gasteiger partial charge in [-0.15, -0.1) is 0 Å². The molecule has 2 aromatic heterocycles. The topological polar surface area (TPSA) is 89.4 Å². The van der Waals surface area contributed by atoms with Crippen molar-refractivity contribution in [2.24, 2.45) is 0 Å². The highest BCUT2D eigenvalue weighted by molar-refractivity contribution is 7.88. The predicted octanol–water partition coefficient (Wildman–Crippen LogP) is 0.721. The monoisotopic (exact) mass is 257 g/mol. The normalized spacial score (nSPS) is 12.2. The Bertz CT molecular complexity index is 588. The minimum atomic E-state index is -3.26. The third-order valence-corrected chi connectivity index (χ3v) is 3.43. The smallest absolute Gasteiger partial charge is 0.242 e. The van der Waals surface area contributed by atoms with Crippen LogP contribution in [-0.4, -0.2) is 36.2 Å². The predicted molar refractivity (Wildman–Crippen MR) is 58.3 cm³/mol. The van der Waals surface area contributed by atoms with E-state index in [4.69, 9.17) is 8.94 Å². The maximum absolute atomic E-state index is 11.2. The zero-order valence-corrected chi connectivity index (χ0v) is 10.1. The molecule has 92 valence electrons. The number of aromatic nitrogens is 2. The van der Waals surface area contributed by atoms with Crippen LogP contribution in [0.1, 0.15) is 5.89 Å². The highest BCUT2D eigenvalue weighted by Crippen LogP contribution is 2.16. The van der Waals surface area contributed by atoms with Crippen molar-refractivity contribution in [2.75, 3.05) is 13.3 Å². The summed E-state index contributed by atoms with van der Waals surface area (Å²) in [7, 11) is -1.82. The third-order valence-electron chi connectivity index (χ3n) is 2.17. The van der Waals surface area contributed by atoms with Gasteiger partial charge in [0.1, 0.15) is 6.26 Å². The Morgan fingerprint density at radius 1 is 1.47 bits per heavy atom. The minimum absolute atomic E-state index is 0.0453. The molecular weight excluding hydrogens is 246 g/mol. The molecule has 0 aromatic carbocycles. The molecule has 0 aliphatic heterocycles. The van der Waals surface area contributed by atoms with E-state index in [2.05, 4.69) is 10.1 Å². The Labute approximate surface area is 98.1 Å². The number of nitrogens with zero attached hydrogens (tertiary/aromatic N) is 3. The molecule has 17 heavy (non-hydrogen) atoms. The van der Waals surface area contributed by atoms with Gasteiger partial charge in [0.05, 0.1) is 24.6 Å². The lowest BCUT2D eigenvalue weighted by Crippen LogP contribution is -2.24. The van der Waals surface area contributed by atoms with E-state index in [0.717, 1.165) is 10.6 Å². The molecule has 0 saturated heterocycles. The van der Waals surface area contributed by atoms with Crippen LogP contribution >= 0.6 is 0 Å². The Morgan fingerprint density at radius 2 is 2.24 bits per heavy atom. The SMILES string of the molecule is CN(Cc1nc(-c2ccoc2)no1)S(C)(=O)=O. The molecule has 0 aliphatic carbocycles.